The van der Waals surface area contributed by atoms with Gasteiger partial charge in [0.25, 0.3) is 0 Å². The monoisotopic (exact) mass is 210 g/mol. The van der Waals surface area contributed by atoms with Crippen molar-refractivity contribution in [3.63, 3.8) is 0 Å². The van der Waals surface area contributed by atoms with E-state index in [-0.39, 0.29) is 5.41 Å². The van der Waals surface area contributed by atoms with Crippen LogP contribution in [0.4, 0.5) is 0 Å². The molecule has 0 aromatic carbocycles. The van der Waals surface area contributed by atoms with E-state index in [4.69, 9.17) is 4.74 Å². The molecule has 1 aromatic heterocycles. The molecule has 0 atom stereocenters. The maximum atomic E-state index is 5.48. The van der Waals surface area contributed by atoms with Crippen LogP contribution in [0.15, 0.2) is 12.4 Å². The van der Waals surface area contributed by atoms with Crippen LogP contribution < -0.4 is 0 Å². The van der Waals surface area contributed by atoms with Crippen LogP contribution in [-0.2, 0) is 16.7 Å². The Balaban J connectivity index is 2.47. The quantitative estimate of drug-likeness (QED) is 0.764. The predicted octanol–water partition coefficient (Wildman–Crippen LogP) is 2.61. The van der Waals surface area contributed by atoms with Crippen LogP contribution in [0.1, 0.15) is 40.2 Å². The van der Waals surface area contributed by atoms with E-state index in [1.165, 1.54) is 5.56 Å². The van der Waals surface area contributed by atoms with Gasteiger partial charge in [0.15, 0.2) is 0 Å². The molecule has 0 aliphatic rings. The molecule has 3 heteroatoms. The lowest BCUT2D eigenvalue weighted by molar-refractivity contribution is 0.0709. The molecule has 1 heterocycles. The first-order valence-electron chi connectivity index (χ1n) is 5.54. The summed E-state index contributed by atoms with van der Waals surface area (Å²) in [5, 5.41) is 4.32. The summed E-state index contributed by atoms with van der Waals surface area (Å²) in [6.07, 6.45) is 4.33. The Kier molecular flexibility index (Phi) is 3.91. The lowest BCUT2D eigenvalue weighted by atomic mass is 9.90. The third-order valence-electron chi connectivity index (χ3n) is 2.27. The number of rotatable bonds is 4. The van der Waals surface area contributed by atoms with Gasteiger partial charge in [-0.15, -0.1) is 0 Å². The van der Waals surface area contributed by atoms with E-state index in [9.17, 15) is 0 Å². The molecule has 0 aliphatic carbocycles. The summed E-state index contributed by atoms with van der Waals surface area (Å²) >= 11 is 0. The van der Waals surface area contributed by atoms with Crippen molar-refractivity contribution in [1.82, 2.24) is 9.78 Å². The van der Waals surface area contributed by atoms with Gasteiger partial charge in [0.1, 0.15) is 0 Å². The zero-order chi connectivity index (χ0) is 11.5. The summed E-state index contributed by atoms with van der Waals surface area (Å²) in [6, 6.07) is 0. The Morgan fingerprint density at radius 1 is 1.40 bits per heavy atom. The Morgan fingerprint density at radius 2 is 2.07 bits per heavy atom. The molecular weight excluding hydrogens is 188 g/mol. The van der Waals surface area contributed by atoms with E-state index < -0.39 is 0 Å². The molecule has 0 aliphatic heterocycles. The van der Waals surface area contributed by atoms with E-state index in [1.54, 1.807) is 0 Å². The summed E-state index contributed by atoms with van der Waals surface area (Å²) in [5.41, 5.74) is 1.45. The fourth-order valence-corrected chi connectivity index (χ4v) is 1.26. The molecule has 0 bridgehead atoms. The maximum Gasteiger partial charge on any atom is 0.0666 e. The predicted molar refractivity (Wildman–Crippen MR) is 62.0 cm³/mol. The molecule has 15 heavy (non-hydrogen) atoms. The second-order valence-corrected chi connectivity index (χ2v) is 5.16. The highest BCUT2D eigenvalue weighted by atomic mass is 16.5. The first kappa shape index (κ1) is 12.2. The van der Waals surface area contributed by atoms with Gasteiger partial charge in [0.2, 0.25) is 0 Å². The molecule has 0 unspecified atom stereocenters. The minimum absolute atomic E-state index is 0.178. The fraction of sp³-hybridized carbons (Fsp3) is 0.750. The lowest BCUT2D eigenvalue weighted by Crippen LogP contribution is -2.12. The molecule has 1 aromatic rings. The lowest BCUT2D eigenvalue weighted by Gasteiger charge is -2.15. The van der Waals surface area contributed by atoms with Crippen LogP contribution in [0.25, 0.3) is 0 Å². The van der Waals surface area contributed by atoms with E-state index in [0.717, 1.165) is 13.2 Å². The van der Waals surface area contributed by atoms with Crippen LogP contribution in [0.3, 0.4) is 0 Å². The summed E-state index contributed by atoms with van der Waals surface area (Å²) < 4.78 is 7.43. The number of nitrogens with zero attached hydrogens (tertiary/aromatic N) is 2. The molecule has 0 amide bonds. The summed E-state index contributed by atoms with van der Waals surface area (Å²) in [4.78, 5) is 0. The molecule has 1 rings (SSSR count). The largest absolute Gasteiger partial charge is 0.377 e. The topological polar surface area (TPSA) is 27.1 Å². The van der Waals surface area contributed by atoms with Crippen LogP contribution >= 0.6 is 0 Å². The van der Waals surface area contributed by atoms with Crippen LogP contribution in [-0.4, -0.2) is 22.5 Å². The highest BCUT2D eigenvalue weighted by molar-refractivity contribution is 5.14. The zero-order valence-electron chi connectivity index (χ0n) is 10.4. The second kappa shape index (κ2) is 4.79. The number of aromatic nitrogens is 2. The van der Waals surface area contributed by atoms with Gasteiger partial charge >= 0.3 is 0 Å². The molecule has 0 N–H and O–H groups in total. The number of hydrogen-bond acceptors (Lipinski definition) is 2. The van der Waals surface area contributed by atoms with Gasteiger partial charge in [-0.05, 0) is 24.8 Å². The fourth-order valence-electron chi connectivity index (χ4n) is 1.26. The normalized spacial score (nSPS) is 12.4. The van der Waals surface area contributed by atoms with Crippen molar-refractivity contribution >= 4 is 0 Å². The number of ether oxygens (including phenoxy) is 1. The summed E-state index contributed by atoms with van der Waals surface area (Å²) in [6.45, 7) is 12.2. The van der Waals surface area contributed by atoms with Gasteiger partial charge in [-0.2, -0.15) is 5.10 Å². The Bertz CT molecular complexity index is 297. The molecule has 0 saturated carbocycles. The van der Waals surface area contributed by atoms with E-state index >= 15 is 0 Å². The van der Waals surface area contributed by atoms with Gasteiger partial charge in [0.05, 0.1) is 25.5 Å². The average Bonchev–Trinajstić information content (AvgIpc) is 2.51. The molecule has 3 nitrogen and oxygen atoms in total. The third-order valence-corrected chi connectivity index (χ3v) is 2.27. The van der Waals surface area contributed by atoms with Crippen LogP contribution in [0, 0.1) is 0 Å². The van der Waals surface area contributed by atoms with Crippen molar-refractivity contribution in [2.45, 2.75) is 52.7 Å². The molecular formula is C12H22N2O. The third kappa shape index (κ3) is 4.04. The van der Waals surface area contributed by atoms with Gasteiger partial charge < -0.3 is 4.74 Å². The molecule has 0 radical (unpaired) electrons. The summed E-state index contributed by atoms with van der Waals surface area (Å²) in [7, 11) is 0. The van der Waals surface area contributed by atoms with Crippen molar-refractivity contribution in [3.05, 3.63) is 18.0 Å². The molecule has 0 saturated heterocycles. The maximum absolute atomic E-state index is 5.48. The smallest absolute Gasteiger partial charge is 0.0666 e. The minimum atomic E-state index is 0.178. The second-order valence-electron chi connectivity index (χ2n) is 5.16. The standard InChI is InChI=1S/C12H22N2O/c1-10(2)15-7-6-14-9-11(8-13-14)12(3,4)5/h8-10H,6-7H2,1-5H3. The highest BCUT2D eigenvalue weighted by Crippen LogP contribution is 2.20. The molecule has 0 spiro atoms. The van der Waals surface area contributed by atoms with Gasteiger partial charge in [-0.3, -0.25) is 4.68 Å². The van der Waals surface area contributed by atoms with Crippen molar-refractivity contribution in [3.8, 4) is 0 Å². The van der Waals surface area contributed by atoms with E-state index in [1.807, 2.05) is 24.7 Å². The van der Waals surface area contributed by atoms with Gasteiger partial charge in [0, 0.05) is 6.20 Å². The average molecular weight is 210 g/mol. The number of hydrogen-bond donors (Lipinski definition) is 0. The Hall–Kier alpha value is -0.830. The zero-order valence-corrected chi connectivity index (χ0v) is 10.4. The minimum Gasteiger partial charge on any atom is -0.377 e. The van der Waals surface area contributed by atoms with Crippen molar-refractivity contribution < 1.29 is 4.74 Å². The van der Waals surface area contributed by atoms with Crippen molar-refractivity contribution in [2.75, 3.05) is 6.61 Å². The molecule has 0 fully saturated rings. The first-order chi connectivity index (χ1) is 6.89. The first-order valence-corrected chi connectivity index (χ1v) is 5.54. The Morgan fingerprint density at radius 3 is 2.53 bits per heavy atom. The SMILES string of the molecule is CC(C)OCCn1cc(C(C)(C)C)cn1. The van der Waals surface area contributed by atoms with E-state index in [2.05, 4.69) is 32.1 Å². The molecule has 86 valence electrons. The van der Waals surface area contributed by atoms with Crippen LogP contribution in [0.2, 0.25) is 0 Å². The van der Waals surface area contributed by atoms with Gasteiger partial charge in [-0.1, -0.05) is 20.8 Å². The van der Waals surface area contributed by atoms with Crippen molar-refractivity contribution in [1.29, 1.82) is 0 Å². The van der Waals surface area contributed by atoms with Gasteiger partial charge in [-0.25, -0.2) is 0 Å². The summed E-state index contributed by atoms with van der Waals surface area (Å²) in [5.74, 6) is 0. The van der Waals surface area contributed by atoms with E-state index in [0.29, 0.717) is 6.10 Å². The highest BCUT2D eigenvalue weighted by Gasteiger charge is 2.15. The van der Waals surface area contributed by atoms with Crippen LogP contribution in [0.5, 0.6) is 0 Å². The Labute approximate surface area is 92.4 Å². The van der Waals surface area contributed by atoms with Crippen molar-refractivity contribution in [2.24, 2.45) is 0 Å².